The number of nitrogens with one attached hydrogen (secondary N) is 1. The number of hydrogen-bond acceptors (Lipinski definition) is 4. The van der Waals surface area contributed by atoms with Crippen molar-refractivity contribution in [2.45, 2.75) is 6.54 Å². The van der Waals surface area contributed by atoms with E-state index in [2.05, 4.69) is 10.3 Å². The molecule has 5 heteroatoms. The first-order chi connectivity index (χ1) is 7.11. The molecule has 5 nitrogen and oxygen atoms in total. The third kappa shape index (κ3) is 3.95. The van der Waals surface area contributed by atoms with E-state index in [0.717, 1.165) is 5.69 Å². The molecule has 0 aromatic carbocycles. The summed E-state index contributed by atoms with van der Waals surface area (Å²) in [5.74, 6) is -0.0126. The van der Waals surface area contributed by atoms with Crippen molar-refractivity contribution in [1.82, 2.24) is 15.2 Å². The van der Waals surface area contributed by atoms with Gasteiger partial charge in [0.15, 0.2) is 0 Å². The van der Waals surface area contributed by atoms with E-state index in [-0.39, 0.29) is 5.91 Å². The molecular formula is C10H16N4O. The Morgan fingerprint density at radius 1 is 1.67 bits per heavy atom. The second-order valence-corrected chi connectivity index (χ2v) is 3.43. The minimum atomic E-state index is -0.0126. The largest absolute Gasteiger partial charge is 0.399 e. The molecule has 0 saturated carbocycles. The average Bonchev–Trinajstić information content (AvgIpc) is 2.17. The number of rotatable bonds is 4. The number of anilines is 1. The van der Waals surface area contributed by atoms with Gasteiger partial charge in [-0.3, -0.25) is 14.7 Å². The number of pyridine rings is 1. The van der Waals surface area contributed by atoms with Crippen LogP contribution in [0.5, 0.6) is 0 Å². The van der Waals surface area contributed by atoms with Gasteiger partial charge in [0.2, 0.25) is 5.91 Å². The van der Waals surface area contributed by atoms with E-state index in [0.29, 0.717) is 18.8 Å². The van der Waals surface area contributed by atoms with Gasteiger partial charge in [0, 0.05) is 25.5 Å². The first kappa shape index (κ1) is 11.5. The van der Waals surface area contributed by atoms with Crippen LogP contribution in [0.1, 0.15) is 5.69 Å². The highest BCUT2D eigenvalue weighted by molar-refractivity contribution is 5.77. The van der Waals surface area contributed by atoms with Gasteiger partial charge in [-0.15, -0.1) is 0 Å². The van der Waals surface area contributed by atoms with E-state index in [9.17, 15) is 4.79 Å². The van der Waals surface area contributed by atoms with E-state index in [1.165, 1.54) is 0 Å². The predicted octanol–water partition coefficient (Wildman–Crippen LogP) is -0.158. The molecule has 0 fully saturated rings. The zero-order valence-corrected chi connectivity index (χ0v) is 9.03. The molecule has 0 unspecified atom stereocenters. The maximum Gasteiger partial charge on any atom is 0.233 e. The third-order valence-electron chi connectivity index (χ3n) is 1.96. The Morgan fingerprint density at radius 2 is 2.40 bits per heavy atom. The van der Waals surface area contributed by atoms with Crippen LogP contribution in [0, 0.1) is 0 Å². The molecule has 1 heterocycles. The number of likely N-dealkylation sites (N-methyl/N-ethyl adjacent to an activating group) is 2. The summed E-state index contributed by atoms with van der Waals surface area (Å²) >= 11 is 0. The Hall–Kier alpha value is -1.62. The lowest BCUT2D eigenvalue weighted by Gasteiger charge is -2.14. The molecule has 1 rings (SSSR count). The zero-order valence-electron chi connectivity index (χ0n) is 9.03. The third-order valence-corrected chi connectivity index (χ3v) is 1.96. The molecule has 0 atom stereocenters. The lowest BCUT2D eigenvalue weighted by Crippen LogP contribution is -2.32. The van der Waals surface area contributed by atoms with Gasteiger partial charge in [0.25, 0.3) is 0 Å². The fraction of sp³-hybridized carbons (Fsp3) is 0.400. The van der Waals surface area contributed by atoms with Gasteiger partial charge >= 0.3 is 0 Å². The van der Waals surface area contributed by atoms with Crippen LogP contribution < -0.4 is 11.1 Å². The Morgan fingerprint density at radius 3 is 3.00 bits per heavy atom. The maximum atomic E-state index is 11.1. The SMILES string of the molecule is CNC(=O)CN(C)Cc1cc(N)ccn1. The van der Waals surface area contributed by atoms with Crippen molar-refractivity contribution in [3.8, 4) is 0 Å². The molecule has 0 saturated heterocycles. The summed E-state index contributed by atoms with van der Waals surface area (Å²) in [6.45, 7) is 0.964. The lowest BCUT2D eigenvalue weighted by molar-refractivity contribution is -0.121. The molecule has 1 amide bonds. The van der Waals surface area contributed by atoms with Crippen LogP contribution in [0.2, 0.25) is 0 Å². The number of nitrogen functional groups attached to an aromatic ring is 1. The van der Waals surface area contributed by atoms with Crippen molar-refractivity contribution in [2.24, 2.45) is 0 Å². The number of nitrogens with zero attached hydrogens (tertiary/aromatic N) is 2. The van der Waals surface area contributed by atoms with Gasteiger partial charge in [0.1, 0.15) is 0 Å². The van der Waals surface area contributed by atoms with E-state index < -0.39 is 0 Å². The number of carbonyl (C=O) groups excluding carboxylic acids is 1. The van der Waals surface area contributed by atoms with Gasteiger partial charge in [-0.05, 0) is 19.2 Å². The minimum Gasteiger partial charge on any atom is -0.399 e. The van der Waals surface area contributed by atoms with Crippen molar-refractivity contribution < 1.29 is 4.79 Å². The Balaban J connectivity index is 2.51. The van der Waals surface area contributed by atoms with Crippen molar-refractivity contribution in [3.05, 3.63) is 24.0 Å². The van der Waals surface area contributed by atoms with Gasteiger partial charge in [0.05, 0.1) is 12.2 Å². The number of aromatic nitrogens is 1. The fourth-order valence-electron chi connectivity index (χ4n) is 1.24. The van der Waals surface area contributed by atoms with Crippen LogP contribution in [-0.4, -0.2) is 36.4 Å². The minimum absolute atomic E-state index is 0.0126. The van der Waals surface area contributed by atoms with Gasteiger partial charge in [-0.25, -0.2) is 0 Å². The molecular weight excluding hydrogens is 192 g/mol. The summed E-state index contributed by atoms with van der Waals surface area (Å²) < 4.78 is 0. The first-order valence-corrected chi connectivity index (χ1v) is 4.71. The van der Waals surface area contributed by atoms with E-state index in [1.807, 2.05) is 11.9 Å². The van der Waals surface area contributed by atoms with Crippen LogP contribution in [0.3, 0.4) is 0 Å². The summed E-state index contributed by atoms with van der Waals surface area (Å²) in [6, 6.07) is 3.54. The average molecular weight is 208 g/mol. The monoisotopic (exact) mass is 208 g/mol. The highest BCUT2D eigenvalue weighted by Crippen LogP contribution is 2.04. The van der Waals surface area contributed by atoms with E-state index >= 15 is 0 Å². The lowest BCUT2D eigenvalue weighted by atomic mass is 10.3. The predicted molar refractivity (Wildman–Crippen MR) is 59.1 cm³/mol. The molecule has 0 radical (unpaired) electrons. The summed E-state index contributed by atoms with van der Waals surface area (Å²) in [6.07, 6.45) is 1.67. The van der Waals surface area contributed by atoms with Crippen LogP contribution >= 0.6 is 0 Å². The molecule has 1 aromatic rings. The smallest absolute Gasteiger partial charge is 0.233 e. The highest BCUT2D eigenvalue weighted by Gasteiger charge is 2.05. The molecule has 1 aromatic heterocycles. The number of hydrogen-bond donors (Lipinski definition) is 2. The van der Waals surface area contributed by atoms with E-state index in [4.69, 9.17) is 5.73 Å². The summed E-state index contributed by atoms with van der Waals surface area (Å²) in [5.41, 5.74) is 7.17. The van der Waals surface area contributed by atoms with Crippen LogP contribution in [-0.2, 0) is 11.3 Å². The molecule has 15 heavy (non-hydrogen) atoms. The summed E-state index contributed by atoms with van der Waals surface area (Å²) in [5, 5.41) is 2.57. The van der Waals surface area contributed by atoms with E-state index in [1.54, 1.807) is 25.4 Å². The molecule has 0 aliphatic heterocycles. The fourth-order valence-corrected chi connectivity index (χ4v) is 1.24. The van der Waals surface area contributed by atoms with Crippen LogP contribution in [0.4, 0.5) is 5.69 Å². The Labute approximate surface area is 89.3 Å². The van der Waals surface area contributed by atoms with Gasteiger partial charge in [-0.1, -0.05) is 0 Å². The maximum absolute atomic E-state index is 11.1. The topological polar surface area (TPSA) is 71.2 Å². The summed E-state index contributed by atoms with van der Waals surface area (Å²) in [4.78, 5) is 17.1. The number of nitrogens with two attached hydrogens (primary N) is 1. The second kappa shape index (κ2) is 5.31. The molecule has 82 valence electrons. The number of carbonyl (C=O) groups is 1. The zero-order chi connectivity index (χ0) is 11.3. The Kier molecular flexibility index (Phi) is 4.05. The normalized spacial score (nSPS) is 10.3. The standard InChI is InChI=1S/C10H16N4O/c1-12-10(15)7-14(2)6-9-5-8(11)3-4-13-9/h3-5H,6-7H2,1-2H3,(H2,11,13)(H,12,15). The highest BCUT2D eigenvalue weighted by atomic mass is 16.1. The molecule has 0 spiro atoms. The Bertz CT molecular complexity index is 340. The molecule has 3 N–H and O–H groups in total. The van der Waals surface area contributed by atoms with Crippen LogP contribution in [0.25, 0.3) is 0 Å². The molecule has 0 aliphatic carbocycles. The van der Waals surface area contributed by atoms with Crippen molar-refractivity contribution in [2.75, 3.05) is 26.4 Å². The van der Waals surface area contributed by atoms with Crippen molar-refractivity contribution in [1.29, 1.82) is 0 Å². The van der Waals surface area contributed by atoms with Crippen molar-refractivity contribution >= 4 is 11.6 Å². The van der Waals surface area contributed by atoms with Crippen LogP contribution in [0.15, 0.2) is 18.3 Å². The van der Waals surface area contributed by atoms with Gasteiger partial charge in [-0.2, -0.15) is 0 Å². The first-order valence-electron chi connectivity index (χ1n) is 4.71. The summed E-state index contributed by atoms with van der Waals surface area (Å²) in [7, 11) is 3.48. The quantitative estimate of drug-likeness (QED) is 0.721. The molecule has 0 bridgehead atoms. The van der Waals surface area contributed by atoms with Crippen molar-refractivity contribution in [3.63, 3.8) is 0 Å². The van der Waals surface area contributed by atoms with Gasteiger partial charge < -0.3 is 11.1 Å². The second-order valence-electron chi connectivity index (χ2n) is 3.43. The number of amides is 1. The molecule has 0 aliphatic rings.